The molecule has 8 heteroatoms. The molecule has 126 valence electrons. The van der Waals surface area contributed by atoms with Crippen molar-refractivity contribution in [3.05, 3.63) is 29.8 Å². The van der Waals surface area contributed by atoms with Gasteiger partial charge in [0, 0.05) is 25.2 Å². The van der Waals surface area contributed by atoms with Gasteiger partial charge in [-0.25, -0.2) is 4.79 Å². The number of nitrogens with zero attached hydrogens (tertiary/aromatic N) is 1. The molecule has 1 aliphatic heterocycles. The molecule has 0 aliphatic carbocycles. The molecule has 23 heavy (non-hydrogen) atoms. The van der Waals surface area contributed by atoms with E-state index in [-0.39, 0.29) is 18.8 Å². The van der Waals surface area contributed by atoms with E-state index in [2.05, 4.69) is 10.1 Å². The van der Waals surface area contributed by atoms with Gasteiger partial charge in [0.05, 0.1) is 5.41 Å². The average Bonchev–Trinajstić information content (AvgIpc) is 2.89. The van der Waals surface area contributed by atoms with Gasteiger partial charge < -0.3 is 20.1 Å². The van der Waals surface area contributed by atoms with Crippen molar-refractivity contribution < 1.29 is 28.2 Å². The van der Waals surface area contributed by atoms with Gasteiger partial charge in [0.2, 0.25) is 0 Å². The topological polar surface area (TPSA) is 78.9 Å². The molecule has 1 saturated heterocycles. The third-order valence-electron chi connectivity index (χ3n) is 3.90. The van der Waals surface area contributed by atoms with Gasteiger partial charge >= 0.3 is 18.6 Å². The number of hydrogen-bond donors (Lipinski definition) is 2. The van der Waals surface area contributed by atoms with Crippen LogP contribution in [0.3, 0.4) is 0 Å². The van der Waals surface area contributed by atoms with Crippen LogP contribution in [0.5, 0.6) is 5.75 Å². The molecule has 1 atom stereocenters. The highest BCUT2D eigenvalue weighted by Gasteiger charge is 2.42. The maximum atomic E-state index is 12.3. The number of carboxylic acid groups (broad SMARTS) is 1. The highest BCUT2D eigenvalue weighted by Crippen LogP contribution is 2.30. The molecular weight excluding hydrogens is 310 g/mol. The van der Waals surface area contributed by atoms with E-state index < -0.39 is 24.0 Å². The first-order valence-electron chi connectivity index (χ1n) is 7.11. The normalized spacial score (nSPS) is 20.6. The lowest BCUT2D eigenvalue weighted by Crippen LogP contribution is -2.40. The number of hydrogen-bond acceptors (Lipinski definition) is 3. The van der Waals surface area contributed by atoms with E-state index >= 15 is 0 Å². The van der Waals surface area contributed by atoms with Crippen molar-refractivity contribution in [2.75, 3.05) is 13.1 Å². The summed E-state index contributed by atoms with van der Waals surface area (Å²) in [5, 5.41) is 11.8. The predicted octanol–water partition coefficient (Wildman–Crippen LogP) is 2.29. The summed E-state index contributed by atoms with van der Waals surface area (Å²) in [6.45, 7) is -0.884. The average molecular weight is 328 g/mol. The zero-order chi connectivity index (χ0) is 17.0. The molecule has 2 N–H and O–H groups in total. The Labute approximate surface area is 132 Å². The number of carbonyl (C=O) groups is 2. The van der Waals surface area contributed by atoms with Crippen LogP contribution in [0, 0.1) is 5.41 Å². The maximum Gasteiger partial charge on any atom is 0.387 e. The summed E-state index contributed by atoms with van der Waals surface area (Å²) in [4.78, 5) is 24.7. The van der Waals surface area contributed by atoms with Crippen molar-refractivity contribution in [2.45, 2.75) is 26.5 Å². The molecule has 1 aromatic rings. The van der Waals surface area contributed by atoms with E-state index in [0.29, 0.717) is 18.5 Å². The molecule has 6 nitrogen and oxygen atoms in total. The van der Waals surface area contributed by atoms with Crippen molar-refractivity contribution in [1.29, 1.82) is 0 Å². The van der Waals surface area contributed by atoms with Crippen molar-refractivity contribution in [2.24, 2.45) is 5.41 Å². The SMILES string of the molecule is CC1(C(=O)O)CCN(C(=O)NCc2ccccc2OC(F)F)C1. The number of ether oxygens (including phenoxy) is 1. The van der Waals surface area contributed by atoms with Gasteiger partial charge in [-0.2, -0.15) is 8.78 Å². The Morgan fingerprint density at radius 3 is 2.74 bits per heavy atom. The number of benzene rings is 1. The molecule has 2 amide bonds. The molecule has 2 rings (SSSR count). The van der Waals surface area contributed by atoms with Gasteiger partial charge in [-0.05, 0) is 19.4 Å². The number of carboxylic acids is 1. The van der Waals surface area contributed by atoms with Crippen LogP contribution in [0.25, 0.3) is 0 Å². The fourth-order valence-electron chi connectivity index (χ4n) is 2.45. The van der Waals surface area contributed by atoms with Crippen LogP contribution in [0.4, 0.5) is 13.6 Å². The molecule has 0 spiro atoms. The van der Waals surface area contributed by atoms with Crippen molar-refractivity contribution in [3.63, 3.8) is 0 Å². The molecule has 0 radical (unpaired) electrons. The Balaban J connectivity index is 1.94. The van der Waals surface area contributed by atoms with Crippen LogP contribution in [0.15, 0.2) is 24.3 Å². The van der Waals surface area contributed by atoms with Crippen molar-refractivity contribution in [1.82, 2.24) is 10.2 Å². The highest BCUT2D eigenvalue weighted by molar-refractivity contribution is 5.79. The standard InChI is InChI=1S/C15H18F2N2O4/c1-15(12(20)21)6-7-19(9-15)14(22)18-8-10-4-2-3-5-11(10)23-13(16)17/h2-5,13H,6-9H2,1H3,(H,18,22)(H,20,21). The van der Waals surface area contributed by atoms with Gasteiger partial charge in [-0.1, -0.05) is 18.2 Å². The van der Waals surface area contributed by atoms with Crippen LogP contribution >= 0.6 is 0 Å². The third kappa shape index (κ3) is 4.08. The fourth-order valence-corrected chi connectivity index (χ4v) is 2.45. The van der Waals surface area contributed by atoms with Gasteiger partial charge in [0.25, 0.3) is 0 Å². The minimum Gasteiger partial charge on any atom is -0.481 e. The Hall–Kier alpha value is -2.38. The minimum atomic E-state index is -2.94. The van der Waals surface area contributed by atoms with Crippen molar-refractivity contribution >= 4 is 12.0 Å². The number of likely N-dealkylation sites (tertiary alicyclic amines) is 1. The van der Waals surface area contributed by atoms with Crippen LogP contribution < -0.4 is 10.1 Å². The fraction of sp³-hybridized carbons (Fsp3) is 0.467. The number of carbonyl (C=O) groups excluding carboxylic acids is 1. The first-order chi connectivity index (χ1) is 10.8. The van der Waals surface area contributed by atoms with E-state index in [1.807, 2.05) is 0 Å². The van der Waals surface area contributed by atoms with Crippen LogP contribution in [-0.2, 0) is 11.3 Å². The Morgan fingerprint density at radius 2 is 2.13 bits per heavy atom. The Morgan fingerprint density at radius 1 is 1.43 bits per heavy atom. The lowest BCUT2D eigenvalue weighted by atomic mass is 9.90. The van der Waals surface area contributed by atoms with Crippen LogP contribution in [0.2, 0.25) is 0 Å². The molecule has 0 saturated carbocycles. The largest absolute Gasteiger partial charge is 0.481 e. The van der Waals surface area contributed by atoms with E-state index in [9.17, 15) is 18.4 Å². The first kappa shape index (κ1) is 17.0. The quantitative estimate of drug-likeness (QED) is 0.869. The molecule has 0 aromatic heterocycles. The summed E-state index contributed by atoms with van der Waals surface area (Å²) in [5.41, 5.74) is -0.532. The summed E-state index contributed by atoms with van der Waals surface area (Å²) in [7, 11) is 0. The van der Waals surface area contributed by atoms with E-state index in [1.54, 1.807) is 25.1 Å². The Bertz CT molecular complexity index is 597. The number of nitrogens with one attached hydrogen (secondary N) is 1. The second-order valence-corrected chi connectivity index (χ2v) is 5.68. The van der Waals surface area contributed by atoms with Gasteiger partial charge in [-0.15, -0.1) is 0 Å². The summed E-state index contributed by atoms with van der Waals surface area (Å²) >= 11 is 0. The molecule has 1 unspecified atom stereocenters. The number of aliphatic carboxylic acids is 1. The van der Waals surface area contributed by atoms with Gasteiger partial charge in [-0.3, -0.25) is 4.79 Å². The maximum absolute atomic E-state index is 12.3. The molecule has 0 bridgehead atoms. The summed E-state index contributed by atoms with van der Waals surface area (Å²) in [5.74, 6) is -0.942. The lowest BCUT2D eigenvalue weighted by molar-refractivity contribution is -0.147. The molecule has 1 fully saturated rings. The van der Waals surface area contributed by atoms with Gasteiger partial charge in [0.1, 0.15) is 5.75 Å². The van der Waals surface area contributed by atoms with Gasteiger partial charge in [0.15, 0.2) is 0 Å². The predicted molar refractivity (Wildman–Crippen MR) is 77.2 cm³/mol. The van der Waals surface area contributed by atoms with E-state index in [0.717, 1.165) is 0 Å². The summed E-state index contributed by atoms with van der Waals surface area (Å²) in [6, 6.07) is 5.75. The summed E-state index contributed by atoms with van der Waals surface area (Å²) in [6.07, 6.45) is 0.376. The monoisotopic (exact) mass is 328 g/mol. The number of urea groups is 1. The molecule has 1 aliphatic rings. The zero-order valence-corrected chi connectivity index (χ0v) is 12.6. The van der Waals surface area contributed by atoms with E-state index in [4.69, 9.17) is 5.11 Å². The Kier molecular flexibility index (Phi) is 5.02. The van der Waals surface area contributed by atoms with Crippen LogP contribution in [0.1, 0.15) is 18.9 Å². The van der Waals surface area contributed by atoms with Crippen molar-refractivity contribution in [3.8, 4) is 5.75 Å². The zero-order valence-electron chi connectivity index (χ0n) is 12.6. The highest BCUT2D eigenvalue weighted by atomic mass is 19.3. The summed E-state index contributed by atoms with van der Waals surface area (Å²) < 4.78 is 29.1. The smallest absolute Gasteiger partial charge is 0.387 e. The second-order valence-electron chi connectivity index (χ2n) is 5.68. The minimum absolute atomic E-state index is 0.000374. The number of para-hydroxylation sites is 1. The lowest BCUT2D eigenvalue weighted by Gasteiger charge is -2.21. The molecular formula is C15H18F2N2O4. The second kappa shape index (κ2) is 6.80. The number of halogens is 2. The van der Waals surface area contributed by atoms with Crippen LogP contribution in [-0.4, -0.2) is 41.7 Å². The molecule has 1 aromatic carbocycles. The number of rotatable bonds is 5. The number of amides is 2. The number of alkyl halides is 2. The van der Waals surface area contributed by atoms with E-state index in [1.165, 1.54) is 11.0 Å². The third-order valence-corrected chi connectivity index (χ3v) is 3.90. The first-order valence-corrected chi connectivity index (χ1v) is 7.11. The molecule has 1 heterocycles.